The molecular formula is C9H16NO5P. The Hall–Kier alpha value is -0.840. The summed E-state index contributed by atoms with van der Waals surface area (Å²) in [6.07, 6.45) is 1.32. The van der Waals surface area contributed by atoms with Crippen LogP contribution in [0.1, 0.15) is 6.42 Å². The van der Waals surface area contributed by atoms with Crippen LogP contribution in [0.2, 0.25) is 0 Å². The largest absolute Gasteiger partial charge is 0.440 e. The smallest absolute Gasteiger partial charge is 0.408 e. The summed E-state index contributed by atoms with van der Waals surface area (Å²) in [5.74, 6) is 0. The molecule has 92 valence electrons. The van der Waals surface area contributed by atoms with E-state index in [0.717, 1.165) is 0 Å². The Balaban J connectivity index is 2.51. The summed E-state index contributed by atoms with van der Waals surface area (Å²) >= 11 is 0. The van der Waals surface area contributed by atoms with Crippen molar-refractivity contribution in [2.75, 3.05) is 20.4 Å². The molecule has 1 saturated heterocycles. The van der Waals surface area contributed by atoms with E-state index in [4.69, 9.17) is 13.8 Å². The lowest BCUT2D eigenvalue weighted by Crippen LogP contribution is -2.31. The predicted molar refractivity (Wildman–Crippen MR) is 58.5 cm³/mol. The zero-order chi connectivity index (χ0) is 12.2. The molecule has 7 heteroatoms. The maximum absolute atomic E-state index is 11.8. The van der Waals surface area contributed by atoms with Crippen molar-refractivity contribution in [1.29, 1.82) is 0 Å². The van der Waals surface area contributed by atoms with E-state index < -0.39 is 19.8 Å². The van der Waals surface area contributed by atoms with Crippen molar-refractivity contribution in [3.05, 3.63) is 12.7 Å². The van der Waals surface area contributed by atoms with Gasteiger partial charge in [0.2, 0.25) is 0 Å². The third-order valence-electron chi connectivity index (χ3n) is 2.45. The maximum Gasteiger partial charge on any atom is 0.408 e. The van der Waals surface area contributed by atoms with Crippen molar-refractivity contribution in [3.8, 4) is 0 Å². The fraction of sp³-hybridized carbons (Fsp3) is 0.667. The minimum absolute atomic E-state index is 0.221. The van der Waals surface area contributed by atoms with Crippen molar-refractivity contribution >= 4 is 13.7 Å². The molecule has 1 aliphatic rings. The van der Waals surface area contributed by atoms with Gasteiger partial charge in [0.05, 0.1) is 12.2 Å². The molecular weight excluding hydrogens is 233 g/mol. The Kier molecular flexibility index (Phi) is 4.53. The van der Waals surface area contributed by atoms with Crippen LogP contribution < -0.4 is 5.32 Å². The van der Waals surface area contributed by atoms with Gasteiger partial charge in [-0.1, -0.05) is 6.58 Å². The highest BCUT2D eigenvalue weighted by atomic mass is 31.2. The standard InChI is InChI=1S/C9H16NO5P/c1-4-8-7(10-9(11)15-8)5-6-16(12,13-2)14-3/h4,7-8H,1,5-6H2,2-3H3,(H,10,11)/t7-,8+/m0/s1. The quantitative estimate of drug-likeness (QED) is 0.570. The van der Waals surface area contributed by atoms with Crippen LogP contribution in [-0.2, 0) is 18.3 Å². The number of carbonyl (C=O) groups is 1. The molecule has 0 spiro atoms. The Morgan fingerprint density at radius 1 is 1.56 bits per heavy atom. The lowest BCUT2D eigenvalue weighted by molar-refractivity contribution is 0.153. The van der Waals surface area contributed by atoms with E-state index >= 15 is 0 Å². The monoisotopic (exact) mass is 249 g/mol. The first-order valence-corrected chi connectivity index (χ1v) is 6.57. The van der Waals surface area contributed by atoms with E-state index in [1.165, 1.54) is 20.3 Å². The lowest BCUT2D eigenvalue weighted by atomic mass is 10.1. The topological polar surface area (TPSA) is 73.9 Å². The molecule has 0 radical (unpaired) electrons. The van der Waals surface area contributed by atoms with Crippen LogP contribution >= 0.6 is 7.60 Å². The van der Waals surface area contributed by atoms with Gasteiger partial charge in [-0.25, -0.2) is 4.79 Å². The molecule has 0 aromatic rings. The molecule has 0 unspecified atom stereocenters. The molecule has 1 heterocycles. The first-order chi connectivity index (χ1) is 7.54. The second-order valence-corrected chi connectivity index (χ2v) is 5.74. The van der Waals surface area contributed by atoms with Crippen LogP contribution in [0.5, 0.6) is 0 Å². The van der Waals surface area contributed by atoms with Crippen LogP contribution in [-0.4, -0.2) is 38.6 Å². The van der Waals surface area contributed by atoms with Gasteiger partial charge in [0.1, 0.15) is 6.10 Å². The van der Waals surface area contributed by atoms with E-state index in [1.54, 1.807) is 0 Å². The molecule has 1 N–H and O–H groups in total. The van der Waals surface area contributed by atoms with Crippen molar-refractivity contribution in [3.63, 3.8) is 0 Å². The number of amides is 1. The van der Waals surface area contributed by atoms with Gasteiger partial charge >= 0.3 is 13.7 Å². The number of nitrogens with one attached hydrogen (secondary N) is 1. The van der Waals surface area contributed by atoms with Crippen molar-refractivity contribution < 1.29 is 23.1 Å². The summed E-state index contributed by atoms with van der Waals surface area (Å²) in [6, 6.07) is -0.233. The zero-order valence-corrected chi connectivity index (χ0v) is 10.2. The number of hydrogen-bond acceptors (Lipinski definition) is 5. The molecule has 2 atom stereocenters. The Labute approximate surface area is 94.5 Å². The van der Waals surface area contributed by atoms with Gasteiger partial charge in [0.15, 0.2) is 0 Å². The predicted octanol–water partition coefficient (Wildman–Crippen LogP) is 1.53. The molecule has 1 aliphatic heterocycles. The lowest BCUT2D eigenvalue weighted by Gasteiger charge is -2.17. The minimum Gasteiger partial charge on any atom is -0.440 e. The molecule has 0 aliphatic carbocycles. The van der Waals surface area contributed by atoms with Crippen molar-refractivity contribution in [2.24, 2.45) is 0 Å². The van der Waals surface area contributed by atoms with E-state index in [-0.39, 0.29) is 12.2 Å². The van der Waals surface area contributed by atoms with Gasteiger partial charge in [0.25, 0.3) is 0 Å². The number of cyclic esters (lactones) is 1. The second kappa shape index (κ2) is 5.48. The number of ether oxygens (including phenoxy) is 1. The Bertz CT molecular complexity index is 311. The summed E-state index contributed by atoms with van der Waals surface area (Å²) < 4.78 is 26.3. The summed E-state index contributed by atoms with van der Waals surface area (Å²) in [6.45, 7) is 3.56. The molecule has 6 nitrogen and oxygen atoms in total. The Morgan fingerprint density at radius 3 is 2.69 bits per heavy atom. The summed E-state index contributed by atoms with van der Waals surface area (Å²) in [5.41, 5.74) is 0. The van der Waals surface area contributed by atoms with Crippen LogP contribution in [0.15, 0.2) is 12.7 Å². The first-order valence-electron chi connectivity index (χ1n) is 4.85. The van der Waals surface area contributed by atoms with Crippen LogP contribution in [0.3, 0.4) is 0 Å². The first kappa shape index (κ1) is 13.2. The van der Waals surface area contributed by atoms with Gasteiger partial charge < -0.3 is 19.1 Å². The van der Waals surface area contributed by atoms with Crippen molar-refractivity contribution in [1.82, 2.24) is 5.32 Å². The molecule has 0 aromatic carbocycles. The molecule has 1 fully saturated rings. The van der Waals surface area contributed by atoms with Gasteiger partial charge in [-0.15, -0.1) is 0 Å². The van der Waals surface area contributed by atoms with Gasteiger partial charge in [-0.2, -0.15) is 0 Å². The number of alkyl carbamates (subject to hydrolysis) is 1. The summed E-state index contributed by atoms with van der Waals surface area (Å²) in [5, 5.41) is 2.61. The normalized spacial score (nSPS) is 25.0. The number of rotatable bonds is 6. The highest BCUT2D eigenvalue weighted by Crippen LogP contribution is 2.47. The average molecular weight is 249 g/mol. The second-order valence-electron chi connectivity index (χ2n) is 3.34. The van der Waals surface area contributed by atoms with E-state index in [1.807, 2.05) is 0 Å². The van der Waals surface area contributed by atoms with E-state index in [2.05, 4.69) is 11.9 Å². The zero-order valence-electron chi connectivity index (χ0n) is 9.34. The van der Waals surface area contributed by atoms with E-state index in [0.29, 0.717) is 6.42 Å². The van der Waals surface area contributed by atoms with Gasteiger partial charge in [-0.05, 0) is 12.5 Å². The van der Waals surface area contributed by atoms with Gasteiger partial charge in [-0.3, -0.25) is 4.57 Å². The van der Waals surface area contributed by atoms with Crippen LogP contribution in [0.25, 0.3) is 0 Å². The van der Waals surface area contributed by atoms with Crippen LogP contribution in [0, 0.1) is 0 Å². The van der Waals surface area contributed by atoms with Gasteiger partial charge in [0, 0.05) is 14.2 Å². The average Bonchev–Trinajstić information content (AvgIpc) is 2.66. The fourth-order valence-corrected chi connectivity index (χ4v) is 2.58. The summed E-state index contributed by atoms with van der Waals surface area (Å²) in [4.78, 5) is 11.0. The third-order valence-corrected chi connectivity index (χ3v) is 4.36. The maximum atomic E-state index is 11.8. The highest BCUT2D eigenvalue weighted by molar-refractivity contribution is 7.53. The van der Waals surface area contributed by atoms with E-state index in [9.17, 15) is 9.36 Å². The fourth-order valence-electron chi connectivity index (χ4n) is 1.48. The minimum atomic E-state index is -3.03. The Morgan fingerprint density at radius 2 is 2.19 bits per heavy atom. The van der Waals surface area contributed by atoms with Crippen LogP contribution in [0.4, 0.5) is 4.79 Å². The number of hydrogen-bond donors (Lipinski definition) is 1. The molecule has 1 rings (SSSR count). The molecule has 16 heavy (non-hydrogen) atoms. The van der Waals surface area contributed by atoms with Crippen molar-refractivity contribution in [2.45, 2.75) is 18.6 Å². The highest BCUT2D eigenvalue weighted by Gasteiger charge is 2.34. The third kappa shape index (κ3) is 3.07. The number of carbonyl (C=O) groups excluding carboxylic acids is 1. The molecule has 0 saturated carbocycles. The molecule has 1 amide bonds. The molecule has 0 bridgehead atoms. The SMILES string of the molecule is C=C[C@H]1OC(=O)N[C@H]1CCP(=O)(OC)OC. The molecule has 0 aromatic heterocycles. The summed E-state index contributed by atoms with van der Waals surface area (Å²) in [7, 11) is -0.367.